The lowest BCUT2D eigenvalue weighted by Gasteiger charge is -2.11. The van der Waals surface area contributed by atoms with E-state index in [0.717, 1.165) is 12.3 Å². The summed E-state index contributed by atoms with van der Waals surface area (Å²) < 4.78 is 5.15. The van der Waals surface area contributed by atoms with Crippen LogP contribution in [0.15, 0.2) is 0 Å². The Morgan fingerprint density at radius 1 is 1.19 bits per heavy atom. The minimum absolute atomic E-state index is 0.163. The second kappa shape index (κ2) is 4.82. The van der Waals surface area contributed by atoms with E-state index in [-0.39, 0.29) is 5.91 Å². The molecule has 1 saturated carbocycles. The molecule has 5 nitrogen and oxygen atoms in total. The molecule has 1 aliphatic carbocycles. The average Bonchev–Trinajstić information content (AvgIpc) is 2.93. The topological polar surface area (TPSA) is 75.6 Å². The molecule has 2 N–H and O–H groups in total. The van der Waals surface area contributed by atoms with Gasteiger partial charge in [-0.3, -0.25) is 4.79 Å². The number of amides is 1. The first-order valence-corrected chi connectivity index (χ1v) is 5.83. The third kappa shape index (κ3) is 2.95. The van der Waals surface area contributed by atoms with E-state index in [1.807, 2.05) is 0 Å². The number of hydrogen-bond acceptors (Lipinski definition) is 3. The molecule has 5 heteroatoms. The lowest BCUT2D eigenvalue weighted by Crippen LogP contribution is -2.36. The summed E-state index contributed by atoms with van der Waals surface area (Å²) in [7, 11) is 0. The lowest BCUT2D eigenvalue weighted by atomic mass is 10.2. The first kappa shape index (κ1) is 11.4. The van der Waals surface area contributed by atoms with Gasteiger partial charge in [0.2, 0.25) is 5.91 Å². The van der Waals surface area contributed by atoms with Crippen LogP contribution in [0.1, 0.15) is 32.1 Å². The molecule has 90 valence electrons. The fraction of sp³-hybridized carbons (Fsp3) is 0.818. The molecule has 0 spiro atoms. The Morgan fingerprint density at radius 2 is 1.88 bits per heavy atom. The van der Waals surface area contributed by atoms with Gasteiger partial charge in [0.15, 0.2) is 6.10 Å². The molecule has 2 unspecified atom stereocenters. The number of rotatable bonds is 5. The van der Waals surface area contributed by atoms with Gasteiger partial charge in [-0.25, -0.2) is 4.79 Å². The van der Waals surface area contributed by atoms with Crippen LogP contribution in [0.2, 0.25) is 0 Å². The van der Waals surface area contributed by atoms with Crippen molar-refractivity contribution in [3.05, 3.63) is 0 Å². The van der Waals surface area contributed by atoms with Crippen LogP contribution in [0, 0.1) is 5.92 Å². The number of ether oxygens (including phenoxy) is 1. The molecular formula is C11H17NO4. The van der Waals surface area contributed by atoms with Crippen LogP contribution in [0.5, 0.6) is 0 Å². The second-order valence-electron chi connectivity index (χ2n) is 4.55. The zero-order chi connectivity index (χ0) is 11.5. The van der Waals surface area contributed by atoms with E-state index in [2.05, 4.69) is 5.32 Å². The zero-order valence-electron chi connectivity index (χ0n) is 9.15. The molecule has 0 aromatic heterocycles. The van der Waals surface area contributed by atoms with Gasteiger partial charge in [-0.1, -0.05) is 12.8 Å². The highest BCUT2D eigenvalue weighted by molar-refractivity contribution is 5.82. The van der Waals surface area contributed by atoms with Crippen LogP contribution < -0.4 is 5.32 Å². The van der Waals surface area contributed by atoms with Gasteiger partial charge in [-0.15, -0.1) is 0 Å². The summed E-state index contributed by atoms with van der Waals surface area (Å²) in [5.74, 6) is -0.353. The predicted molar refractivity (Wildman–Crippen MR) is 55.9 cm³/mol. The normalized spacial score (nSPS) is 29.0. The number of carbonyl (C=O) groups excluding carboxylic acids is 1. The fourth-order valence-electron chi connectivity index (χ4n) is 1.93. The fourth-order valence-corrected chi connectivity index (χ4v) is 1.93. The van der Waals surface area contributed by atoms with Crippen LogP contribution >= 0.6 is 0 Å². The van der Waals surface area contributed by atoms with Crippen molar-refractivity contribution in [1.29, 1.82) is 0 Å². The molecule has 0 aromatic carbocycles. The van der Waals surface area contributed by atoms with Crippen LogP contribution in [0.4, 0.5) is 0 Å². The van der Waals surface area contributed by atoms with Crippen molar-refractivity contribution in [2.45, 2.75) is 44.3 Å². The largest absolute Gasteiger partial charge is 0.479 e. The number of carboxylic acid groups (broad SMARTS) is 1. The monoisotopic (exact) mass is 227 g/mol. The van der Waals surface area contributed by atoms with Crippen molar-refractivity contribution in [3.8, 4) is 0 Å². The molecule has 1 amide bonds. The Labute approximate surface area is 94.2 Å². The molecular weight excluding hydrogens is 210 g/mol. The summed E-state index contributed by atoms with van der Waals surface area (Å²) in [4.78, 5) is 22.2. The molecule has 0 radical (unpaired) electrons. The maximum atomic E-state index is 11.6. The molecule has 2 atom stereocenters. The number of hydrogen-bond donors (Lipinski definition) is 2. The number of aliphatic carboxylic acids is 1. The van der Waals surface area contributed by atoms with E-state index in [0.29, 0.717) is 19.4 Å². The minimum Gasteiger partial charge on any atom is -0.479 e. The average molecular weight is 227 g/mol. The van der Waals surface area contributed by atoms with Gasteiger partial charge >= 0.3 is 5.97 Å². The third-order valence-electron chi connectivity index (χ3n) is 3.14. The van der Waals surface area contributed by atoms with Gasteiger partial charge in [-0.2, -0.15) is 0 Å². The Morgan fingerprint density at radius 3 is 2.44 bits per heavy atom. The molecule has 16 heavy (non-hydrogen) atoms. The summed E-state index contributed by atoms with van der Waals surface area (Å²) >= 11 is 0. The number of nitrogens with one attached hydrogen (secondary N) is 1. The van der Waals surface area contributed by atoms with E-state index in [1.54, 1.807) is 0 Å². The Balaban J connectivity index is 1.66. The van der Waals surface area contributed by atoms with Crippen LogP contribution in [-0.2, 0) is 14.3 Å². The van der Waals surface area contributed by atoms with Crippen LogP contribution in [0.3, 0.4) is 0 Å². The maximum absolute atomic E-state index is 11.6. The number of carbonyl (C=O) groups is 2. The van der Waals surface area contributed by atoms with Crippen molar-refractivity contribution in [2.75, 3.05) is 6.54 Å². The number of carboxylic acids is 1. The maximum Gasteiger partial charge on any atom is 0.332 e. The van der Waals surface area contributed by atoms with Gasteiger partial charge in [-0.05, 0) is 25.2 Å². The van der Waals surface area contributed by atoms with Crippen LogP contribution in [0.25, 0.3) is 0 Å². The van der Waals surface area contributed by atoms with Crippen molar-refractivity contribution in [3.63, 3.8) is 0 Å². The lowest BCUT2D eigenvalue weighted by molar-refractivity contribution is -0.151. The summed E-state index contributed by atoms with van der Waals surface area (Å²) in [5.41, 5.74) is 0. The highest BCUT2D eigenvalue weighted by Gasteiger charge is 2.34. The van der Waals surface area contributed by atoms with E-state index in [1.165, 1.54) is 12.8 Å². The zero-order valence-corrected chi connectivity index (χ0v) is 9.15. The van der Waals surface area contributed by atoms with E-state index in [9.17, 15) is 9.59 Å². The highest BCUT2D eigenvalue weighted by Crippen LogP contribution is 2.31. The summed E-state index contributed by atoms with van der Waals surface area (Å²) in [6.07, 6.45) is 3.14. The second-order valence-corrected chi connectivity index (χ2v) is 4.55. The molecule has 1 saturated heterocycles. The third-order valence-corrected chi connectivity index (χ3v) is 3.14. The molecule has 2 rings (SSSR count). The van der Waals surface area contributed by atoms with E-state index in [4.69, 9.17) is 9.84 Å². The standard InChI is InChI=1S/C11H17NO4/c13-10(12-6-5-7-1-2-7)8-3-4-9(16-8)11(14)15/h7-9H,1-6H2,(H,12,13)(H,14,15). The molecule has 1 aliphatic heterocycles. The minimum atomic E-state index is -0.978. The Kier molecular flexibility index (Phi) is 3.43. The highest BCUT2D eigenvalue weighted by atomic mass is 16.5. The van der Waals surface area contributed by atoms with Crippen molar-refractivity contribution >= 4 is 11.9 Å². The molecule has 0 aromatic rings. The van der Waals surface area contributed by atoms with E-state index < -0.39 is 18.2 Å². The van der Waals surface area contributed by atoms with Crippen molar-refractivity contribution in [1.82, 2.24) is 5.32 Å². The van der Waals surface area contributed by atoms with Gasteiger partial charge < -0.3 is 15.2 Å². The first-order chi connectivity index (χ1) is 7.66. The quantitative estimate of drug-likeness (QED) is 0.718. The first-order valence-electron chi connectivity index (χ1n) is 5.83. The van der Waals surface area contributed by atoms with E-state index >= 15 is 0 Å². The SMILES string of the molecule is O=C(O)C1CCC(C(=O)NCCC2CC2)O1. The predicted octanol–water partition coefficient (Wildman–Crippen LogP) is 0.535. The van der Waals surface area contributed by atoms with Gasteiger partial charge in [0.1, 0.15) is 6.10 Å². The van der Waals surface area contributed by atoms with Gasteiger partial charge in [0.05, 0.1) is 0 Å². The Bertz CT molecular complexity index is 288. The molecule has 1 heterocycles. The molecule has 2 aliphatic rings. The molecule has 0 bridgehead atoms. The Hall–Kier alpha value is -1.10. The van der Waals surface area contributed by atoms with Crippen molar-refractivity contribution < 1.29 is 19.4 Å². The van der Waals surface area contributed by atoms with Crippen molar-refractivity contribution in [2.24, 2.45) is 5.92 Å². The molecule has 2 fully saturated rings. The summed E-state index contributed by atoms with van der Waals surface area (Å²) in [6.45, 7) is 0.682. The summed E-state index contributed by atoms with van der Waals surface area (Å²) in [5, 5.41) is 11.5. The van der Waals surface area contributed by atoms with Crippen LogP contribution in [-0.4, -0.2) is 35.7 Å². The summed E-state index contributed by atoms with van der Waals surface area (Å²) in [6, 6.07) is 0. The smallest absolute Gasteiger partial charge is 0.332 e. The van der Waals surface area contributed by atoms with Gasteiger partial charge in [0, 0.05) is 6.54 Å². The van der Waals surface area contributed by atoms with Gasteiger partial charge in [0.25, 0.3) is 0 Å².